The summed E-state index contributed by atoms with van der Waals surface area (Å²) in [6, 6.07) is 0.278. The van der Waals surface area contributed by atoms with Gasteiger partial charge in [0.15, 0.2) is 0 Å². The number of rotatable bonds is 2. The van der Waals surface area contributed by atoms with Crippen LogP contribution in [0.15, 0.2) is 0 Å². The molecule has 1 saturated heterocycles. The van der Waals surface area contributed by atoms with Crippen LogP contribution in [0.25, 0.3) is 0 Å². The summed E-state index contributed by atoms with van der Waals surface area (Å²) in [6.45, 7) is 1.81. The van der Waals surface area contributed by atoms with Gasteiger partial charge >= 0.3 is 5.97 Å². The van der Waals surface area contributed by atoms with Gasteiger partial charge in [0.2, 0.25) is 0 Å². The Morgan fingerprint density at radius 1 is 1.50 bits per heavy atom. The highest BCUT2D eigenvalue weighted by Gasteiger charge is 2.17. The van der Waals surface area contributed by atoms with Gasteiger partial charge in [-0.2, -0.15) is 0 Å². The van der Waals surface area contributed by atoms with Crippen LogP contribution in [-0.4, -0.2) is 41.7 Å². The van der Waals surface area contributed by atoms with Crippen LogP contribution >= 0.6 is 12.4 Å². The molecule has 0 aromatic carbocycles. The first-order valence-electron chi connectivity index (χ1n) is 3.88. The molecule has 1 aliphatic rings. The predicted molar refractivity (Wildman–Crippen MR) is 48.5 cm³/mol. The summed E-state index contributed by atoms with van der Waals surface area (Å²) in [5, 5.41) is 8.46. The molecule has 0 amide bonds. The molecule has 12 heavy (non-hydrogen) atoms. The molecule has 0 aliphatic carbocycles. The van der Waals surface area contributed by atoms with Crippen LogP contribution in [0.1, 0.15) is 12.8 Å². The largest absolute Gasteiger partial charge is 0.480 e. The minimum absolute atomic E-state index is 0. The molecule has 0 saturated carbocycles. The van der Waals surface area contributed by atoms with Gasteiger partial charge in [-0.25, -0.2) is 0 Å². The Labute approximate surface area is 78.1 Å². The van der Waals surface area contributed by atoms with Crippen molar-refractivity contribution in [1.29, 1.82) is 0 Å². The molecule has 0 bridgehead atoms. The molecule has 0 radical (unpaired) electrons. The van der Waals surface area contributed by atoms with Crippen molar-refractivity contribution in [1.82, 2.24) is 4.90 Å². The van der Waals surface area contributed by atoms with Crippen molar-refractivity contribution in [2.75, 3.05) is 19.6 Å². The number of hydrogen-bond donors (Lipinski definition) is 2. The molecule has 1 rings (SSSR count). The third kappa shape index (κ3) is 3.90. The fourth-order valence-electron chi connectivity index (χ4n) is 1.30. The molecule has 0 spiro atoms. The third-order valence-corrected chi connectivity index (χ3v) is 1.99. The Morgan fingerprint density at radius 2 is 2.00 bits per heavy atom. The average Bonchev–Trinajstić information content (AvgIpc) is 1.93. The molecule has 0 aromatic heterocycles. The van der Waals surface area contributed by atoms with E-state index in [4.69, 9.17) is 10.8 Å². The maximum atomic E-state index is 10.3. The highest BCUT2D eigenvalue weighted by Crippen LogP contribution is 2.06. The summed E-state index contributed by atoms with van der Waals surface area (Å²) in [5.74, 6) is -0.750. The van der Waals surface area contributed by atoms with Crippen molar-refractivity contribution in [3.8, 4) is 0 Å². The number of nitrogens with zero attached hydrogens (tertiary/aromatic N) is 1. The molecule has 0 aromatic rings. The Balaban J connectivity index is 0.00000121. The predicted octanol–water partition coefficient (Wildman–Crippen LogP) is -0.0841. The Morgan fingerprint density at radius 3 is 2.42 bits per heavy atom. The van der Waals surface area contributed by atoms with Crippen LogP contribution in [0.3, 0.4) is 0 Å². The normalized spacial score (nSPS) is 20.1. The van der Waals surface area contributed by atoms with E-state index >= 15 is 0 Å². The first-order chi connectivity index (χ1) is 5.18. The van der Waals surface area contributed by atoms with E-state index in [-0.39, 0.29) is 25.0 Å². The van der Waals surface area contributed by atoms with Gasteiger partial charge in [0.1, 0.15) is 0 Å². The van der Waals surface area contributed by atoms with E-state index < -0.39 is 5.97 Å². The van der Waals surface area contributed by atoms with E-state index in [2.05, 4.69) is 0 Å². The van der Waals surface area contributed by atoms with Crippen LogP contribution in [0, 0.1) is 0 Å². The lowest BCUT2D eigenvalue weighted by Gasteiger charge is -2.28. The van der Waals surface area contributed by atoms with Crippen LogP contribution in [0.4, 0.5) is 0 Å². The highest BCUT2D eigenvalue weighted by molar-refractivity contribution is 5.85. The molecule has 4 nitrogen and oxygen atoms in total. The number of carboxylic acids is 1. The quantitative estimate of drug-likeness (QED) is 0.645. The summed E-state index contributed by atoms with van der Waals surface area (Å²) in [6.07, 6.45) is 1.85. The second-order valence-electron chi connectivity index (χ2n) is 3.01. The van der Waals surface area contributed by atoms with Crippen molar-refractivity contribution < 1.29 is 9.90 Å². The molecule has 1 fully saturated rings. The zero-order chi connectivity index (χ0) is 8.27. The van der Waals surface area contributed by atoms with E-state index in [1.165, 1.54) is 0 Å². The minimum atomic E-state index is -0.750. The number of carboxylic acid groups (broad SMARTS) is 1. The van der Waals surface area contributed by atoms with Gasteiger partial charge in [-0.1, -0.05) is 0 Å². The summed E-state index contributed by atoms with van der Waals surface area (Å²) in [5.41, 5.74) is 5.65. The SMILES string of the molecule is Cl.NC1CCN(CC(=O)O)CC1. The van der Waals surface area contributed by atoms with E-state index in [0.717, 1.165) is 25.9 Å². The summed E-state index contributed by atoms with van der Waals surface area (Å²) in [7, 11) is 0. The first kappa shape index (κ1) is 11.7. The van der Waals surface area contributed by atoms with Crippen molar-refractivity contribution >= 4 is 18.4 Å². The van der Waals surface area contributed by atoms with Gasteiger partial charge in [-0.3, -0.25) is 9.69 Å². The molecular formula is C7H15ClN2O2. The number of halogens is 1. The van der Waals surface area contributed by atoms with Gasteiger partial charge < -0.3 is 10.8 Å². The zero-order valence-electron chi connectivity index (χ0n) is 6.90. The molecule has 0 unspecified atom stereocenters. The maximum Gasteiger partial charge on any atom is 0.317 e. The van der Waals surface area contributed by atoms with Crippen molar-refractivity contribution in [2.45, 2.75) is 18.9 Å². The van der Waals surface area contributed by atoms with Crippen LogP contribution in [0.5, 0.6) is 0 Å². The number of hydrogen-bond acceptors (Lipinski definition) is 3. The lowest BCUT2D eigenvalue weighted by atomic mass is 10.1. The van der Waals surface area contributed by atoms with Gasteiger partial charge in [-0.15, -0.1) is 12.4 Å². The second kappa shape index (κ2) is 5.35. The smallest absolute Gasteiger partial charge is 0.317 e. The Hall–Kier alpha value is -0.320. The van der Waals surface area contributed by atoms with Crippen molar-refractivity contribution in [3.63, 3.8) is 0 Å². The van der Waals surface area contributed by atoms with Gasteiger partial charge in [0, 0.05) is 19.1 Å². The third-order valence-electron chi connectivity index (χ3n) is 1.99. The Bertz CT molecular complexity index is 146. The van der Waals surface area contributed by atoms with Crippen LogP contribution in [0.2, 0.25) is 0 Å². The summed E-state index contributed by atoms with van der Waals surface area (Å²) < 4.78 is 0. The van der Waals surface area contributed by atoms with E-state index in [0.29, 0.717) is 0 Å². The number of piperidine rings is 1. The van der Waals surface area contributed by atoms with Gasteiger partial charge in [-0.05, 0) is 12.8 Å². The van der Waals surface area contributed by atoms with E-state index in [1.807, 2.05) is 4.90 Å². The summed E-state index contributed by atoms with van der Waals surface area (Å²) >= 11 is 0. The zero-order valence-corrected chi connectivity index (χ0v) is 7.72. The molecule has 1 heterocycles. The molecular weight excluding hydrogens is 180 g/mol. The summed E-state index contributed by atoms with van der Waals surface area (Å²) in [4.78, 5) is 12.2. The fraction of sp³-hybridized carbons (Fsp3) is 0.857. The molecule has 3 N–H and O–H groups in total. The van der Waals surface area contributed by atoms with Gasteiger partial charge in [0.05, 0.1) is 6.54 Å². The number of likely N-dealkylation sites (tertiary alicyclic amines) is 1. The molecule has 5 heteroatoms. The fourth-order valence-corrected chi connectivity index (χ4v) is 1.30. The van der Waals surface area contributed by atoms with Crippen LogP contribution in [-0.2, 0) is 4.79 Å². The first-order valence-corrected chi connectivity index (χ1v) is 3.88. The lowest BCUT2D eigenvalue weighted by molar-refractivity contribution is -0.138. The van der Waals surface area contributed by atoms with E-state index in [9.17, 15) is 4.79 Å². The number of carbonyl (C=O) groups is 1. The van der Waals surface area contributed by atoms with E-state index in [1.54, 1.807) is 0 Å². The minimum Gasteiger partial charge on any atom is -0.480 e. The second-order valence-corrected chi connectivity index (χ2v) is 3.01. The molecule has 0 atom stereocenters. The number of nitrogens with two attached hydrogens (primary N) is 1. The van der Waals surface area contributed by atoms with Crippen molar-refractivity contribution in [2.24, 2.45) is 5.73 Å². The number of aliphatic carboxylic acids is 1. The standard InChI is InChI=1S/C7H14N2O2.ClH/c8-6-1-3-9(4-2-6)5-7(10)11;/h6H,1-5,8H2,(H,10,11);1H. The Kier molecular flexibility index (Phi) is 5.20. The topological polar surface area (TPSA) is 66.6 Å². The maximum absolute atomic E-state index is 10.3. The molecule has 1 aliphatic heterocycles. The highest BCUT2D eigenvalue weighted by atomic mass is 35.5. The van der Waals surface area contributed by atoms with Crippen LogP contribution < -0.4 is 5.73 Å². The van der Waals surface area contributed by atoms with Crippen molar-refractivity contribution in [3.05, 3.63) is 0 Å². The molecule has 72 valence electrons. The monoisotopic (exact) mass is 194 g/mol. The average molecular weight is 195 g/mol. The lowest BCUT2D eigenvalue weighted by Crippen LogP contribution is -2.41. The van der Waals surface area contributed by atoms with Gasteiger partial charge in [0.25, 0.3) is 0 Å².